The Morgan fingerprint density at radius 3 is 2.75 bits per heavy atom. The van der Waals surface area contributed by atoms with Gasteiger partial charge in [0.15, 0.2) is 5.82 Å². The van der Waals surface area contributed by atoms with E-state index in [4.69, 9.17) is 0 Å². The maximum absolute atomic E-state index is 4.45. The fraction of sp³-hybridized carbons (Fsp3) is 0.231. The van der Waals surface area contributed by atoms with E-state index in [9.17, 15) is 0 Å². The van der Waals surface area contributed by atoms with Gasteiger partial charge in [-0.2, -0.15) is 0 Å². The zero-order chi connectivity index (χ0) is 11.4. The Labute approximate surface area is 95.6 Å². The van der Waals surface area contributed by atoms with Crippen molar-refractivity contribution in [3.05, 3.63) is 42.1 Å². The minimum absolute atomic E-state index is 0.782. The molecule has 0 spiro atoms. The van der Waals surface area contributed by atoms with Gasteiger partial charge >= 0.3 is 0 Å². The number of hydrogen-bond acceptors (Lipinski definition) is 3. The molecule has 0 unspecified atom stereocenters. The van der Waals surface area contributed by atoms with Gasteiger partial charge < -0.3 is 5.32 Å². The lowest BCUT2D eigenvalue weighted by Crippen LogP contribution is -1.97. The van der Waals surface area contributed by atoms with Gasteiger partial charge in [-0.25, -0.2) is 9.97 Å². The van der Waals surface area contributed by atoms with Crippen LogP contribution >= 0.6 is 0 Å². The van der Waals surface area contributed by atoms with Gasteiger partial charge in [-0.05, 0) is 18.1 Å². The molecule has 1 heterocycles. The number of benzene rings is 1. The molecule has 0 aliphatic heterocycles. The van der Waals surface area contributed by atoms with Crippen molar-refractivity contribution in [3.8, 4) is 11.4 Å². The van der Waals surface area contributed by atoms with E-state index in [1.165, 1.54) is 5.56 Å². The van der Waals surface area contributed by atoms with Crippen LogP contribution in [-0.4, -0.2) is 17.0 Å². The maximum Gasteiger partial charge on any atom is 0.161 e. The molecule has 1 aromatic carbocycles. The summed E-state index contributed by atoms with van der Waals surface area (Å²) in [6, 6.07) is 10.1. The molecular formula is C13H15N3. The number of nitrogens with zero attached hydrogens (tertiary/aromatic N) is 2. The Hall–Kier alpha value is -1.90. The Morgan fingerprint density at radius 1 is 1.19 bits per heavy atom. The van der Waals surface area contributed by atoms with Crippen molar-refractivity contribution in [2.24, 2.45) is 0 Å². The normalized spacial score (nSPS) is 10.1. The van der Waals surface area contributed by atoms with Gasteiger partial charge in [-0.3, -0.25) is 0 Å². The van der Waals surface area contributed by atoms with Crippen molar-refractivity contribution in [3.63, 3.8) is 0 Å². The van der Waals surface area contributed by atoms with Crippen molar-refractivity contribution in [2.75, 3.05) is 12.4 Å². The second-order valence-electron chi connectivity index (χ2n) is 3.53. The molecule has 0 atom stereocenters. The van der Waals surface area contributed by atoms with Gasteiger partial charge in [-0.1, -0.05) is 31.2 Å². The van der Waals surface area contributed by atoms with Crippen LogP contribution in [0.15, 0.2) is 36.5 Å². The monoisotopic (exact) mass is 213 g/mol. The van der Waals surface area contributed by atoms with Crippen molar-refractivity contribution in [1.82, 2.24) is 9.97 Å². The highest BCUT2D eigenvalue weighted by Gasteiger charge is 2.05. The van der Waals surface area contributed by atoms with E-state index in [0.717, 1.165) is 23.6 Å². The van der Waals surface area contributed by atoms with Gasteiger partial charge in [0.1, 0.15) is 5.82 Å². The average molecular weight is 213 g/mol. The first-order valence-corrected chi connectivity index (χ1v) is 5.44. The molecule has 3 nitrogen and oxygen atoms in total. The third kappa shape index (κ3) is 2.03. The first-order valence-electron chi connectivity index (χ1n) is 5.44. The molecule has 2 aromatic rings. The number of nitrogens with one attached hydrogen (secondary N) is 1. The summed E-state index contributed by atoms with van der Waals surface area (Å²) in [7, 11) is 1.86. The Balaban J connectivity index is 2.49. The Kier molecular flexibility index (Phi) is 3.15. The number of aryl methyl sites for hydroxylation is 1. The summed E-state index contributed by atoms with van der Waals surface area (Å²) in [6.07, 6.45) is 2.77. The quantitative estimate of drug-likeness (QED) is 0.851. The molecule has 2 rings (SSSR count). The lowest BCUT2D eigenvalue weighted by atomic mass is 10.0. The largest absolute Gasteiger partial charge is 0.373 e. The van der Waals surface area contributed by atoms with Crippen molar-refractivity contribution in [1.29, 1.82) is 0 Å². The third-order valence-corrected chi connectivity index (χ3v) is 2.55. The van der Waals surface area contributed by atoms with Crippen LogP contribution in [-0.2, 0) is 6.42 Å². The van der Waals surface area contributed by atoms with Crippen LogP contribution < -0.4 is 5.32 Å². The van der Waals surface area contributed by atoms with E-state index in [-0.39, 0.29) is 0 Å². The highest BCUT2D eigenvalue weighted by molar-refractivity contribution is 5.61. The first-order chi connectivity index (χ1) is 7.85. The highest BCUT2D eigenvalue weighted by atomic mass is 15.0. The smallest absolute Gasteiger partial charge is 0.161 e. The summed E-state index contributed by atoms with van der Waals surface area (Å²) >= 11 is 0. The van der Waals surface area contributed by atoms with Gasteiger partial charge in [0.05, 0.1) is 0 Å². The minimum Gasteiger partial charge on any atom is -0.373 e. The maximum atomic E-state index is 4.45. The molecule has 1 N–H and O–H groups in total. The molecular weight excluding hydrogens is 198 g/mol. The second kappa shape index (κ2) is 4.75. The molecule has 0 bridgehead atoms. The van der Waals surface area contributed by atoms with Crippen LogP contribution in [0, 0.1) is 0 Å². The molecule has 82 valence electrons. The standard InChI is InChI=1S/C13H15N3/c1-3-10-6-4-5-7-11(10)13-15-9-8-12(14-2)16-13/h4-9H,3H2,1-2H3,(H,14,15,16). The topological polar surface area (TPSA) is 37.8 Å². The van der Waals surface area contributed by atoms with E-state index < -0.39 is 0 Å². The number of hydrogen-bond donors (Lipinski definition) is 1. The fourth-order valence-electron chi connectivity index (χ4n) is 1.67. The predicted molar refractivity (Wildman–Crippen MR) is 66.4 cm³/mol. The van der Waals surface area contributed by atoms with Crippen LogP contribution in [0.3, 0.4) is 0 Å². The number of anilines is 1. The molecule has 0 saturated heterocycles. The minimum atomic E-state index is 0.782. The average Bonchev–Trinajstić information content (AvgIpc) is 2.38. The van der Waals surface area contributed by atoms with Crippen LogP contribution in [0.25, 0.3) is 11.4 Å². The van der Waals surface area contributed by atoms with Gasteiger partial charge in [-0.15, -0.1) is 0 Å². The van der Waals surface area contributed by atoms with E-state index in [1.54, 1.807) is 6.20 Å². The molecule has 1 aromatic heterocycles. The molecule has 0 aliphatic carbocycles. The van der Waals surface area contributed by atoms with Gasteiger partial charge in [0.2, 0.25) is 0 Å². The van der Waals surface area contributed by atoms with Gasteiger partial charge in [0.25, 0.3) is 0 Å². The summed E-state index contributed by atoms with van der Waals surface area (Å²) in [5.74, 6) is 1.63. The molecule has 0 fully saturated rings. The van der Waals surface area contributed by atoms with Crippen LogP contribution in [0.5, 0.6) is 0 Å². The van der Waals surface area contributed by atoms with Gasteiger partial charge in [0, 0.05) is 18.8 Å². The molecule has 0 radical (unpaired) electrons. The highest BCUT2D eigenvalue weighted by Crippen LogP contribution is 2.21. The SMILES string of the molecule is CCc1ccccc1-c1nccc(NC)n1. The summed E-state index contributed by atoms with van der Waals surface area (Å²) < 4.78 is 0. The van der Waals surface area contributed by atoms with Crippen molar-refractivity contribution >= 4 is 5.82 Å². The molecule has 0 saturated carbocycles. The predicted octanol–water partition coefficient (Wildman–Crippen LogP) is 2.75. The van der Waals surface area contributed by atoms with Crippen LogP contribution in [0.4, 0.5) is 5.82 Å². The van der Waals surface area contributed by atoms with Crippen molar-refractivity contribution < 1.29 is 0 Å². The van der Waals surface area contributed by atoms with E-state index in [0.29, 0.717) is 0 Å². The second-order valence-corrected chi connectivity index (χ2v) is 3.53. The summed E-state index contributed by atoms with van der Waals surface area (Å²) in [4.78, 5) is 8.76. The molecule has 3 heteroatoms. The van der Waals surface area contributed by atoms with Crippen LogP contribution in [0.1, 0.15) is 12.5 Å². The van der Waals surface area contributed by atoms with E-state index in [1.807, 2.05) is 25.2 Å². The fourth-order valence-corrected chi connectivity index (χ4v) is 1.67. The number of rotatable bonds is 3. The third-order valence-electron chi connectivity index (χ3n) is 2.55. The summed E-state index contributed by atoms with van der Waals surface area (Å²) in [5, 5.41) is 3.02. The number of aromatic nitrogens is 2. The zero-order valence-corrected chi connectivity index (χ0v) is 9.57. The zero-order valence-electron chi connectivity index (χ0n) is 9.57. The summed E-state index contributed by atoms with van der Waals surface area (Å²) in [5.41, 5.74) is 2.39. The Bertz CT molecular complexity index is 480. The Morgan fingerprint density at radius 2 is 2.00 bits per heavy atom. The van der Waals surface area contributed by atoms with Crippen LogP contribution in [0.2, 0.25) is 0 Å². The molecule has 0 aliphatic rings. The lowest BCUT2D eigenvalue weighted by molar-refractivity contribution is 1.11. The first kappa shape index (κ1) is 10.6. The lowest BCUT2D eigenvalue weighted by Gasteiger charge is -2.07. The van der Waals surface area contributed by atoms with E-state index >= 15 is 0 Å². The van der Waals surface area contributed by atoms with Crippen molar-refractivity contribution in [2.45, 2.75) is 13.3 Å². The van der Waals surface area contributed by atoms with E-state index in [2.05, 4.69) is 34.3 Å². The molecule has 16 heavy (non-hydrogen) atoms. The summed E-state index contributed by atoms with van der Waals surface area (Å²) in [6.45, 7) is 2.14. The molecule has 0 amide bonds.